The monoisotopic (exact) mass is 347 g/mol. The van der Waals surface area contributed by atoms with Crippen LogP contribution in [-0.4, -0.2) is 22.4 Å². The molecule has 0 saturated carbocycles. The Morgan fingerprint density at radius 2 is 1.96 bits per heavy atom. The summed E-state index contributed by atoms with van der Waals surface area (Å²) in [4.78, 5) is 4.33. The summed E-state index contributed by atoms with van der Waals surface area (Å²) in [5.41, 5.74) is 14.5. The van der Waals surface area contributed by atoms with Crippen LogP contribution < -0.4 is 11.2 Å². The Morgan fingerprint density at radius 3 is 2.58 bits per heavy atom. The first-order valence-corrected chi connectivity index (χ1v) is 8.88. The van der Waals surface area contributed by atoms with Gasteiger partial charge in [0.25, 0.3) is 0 Å². The summed E-state index contributed by atoms with van der Waals surface area (Å²) in [5, 5.41) is 4.03. The second-order valence-corrected chi connectivity index (χ2v) is 6.23. The quantitative estimate of drug-likeness (QED) is 0.406. The maximum absolute atomic E-state index is 5.94. The van der Waals surface area contributed by atoms with Crippen molar-refractivity contribution in [1.82, 2.24) is 15.0 Å². The van der Waals surface area contributed by atoms with Crippen LogP contribution in [0, 0.1) is 6.92 Å². The van der Waals surface area contributed by atoms with Crippen LogP contribution in [0.5, 0.6) is 0 Å². The van der Waals surface area contributed by atoms with E-state index in [4.69, 9.17) is 5.73 Å². The number of nitrogens with zero attached hydrogens (tertiary/aromatic N) is 3. The minimum absolute atomic E-state index is 0.485. The molecule has 134 valence electrons. The lowest BCUT2D eigenvalue weighted by molar-refractivity contribution is 0.898. The van der Waals surface area contributed by atoms with Gasteiger partial charge in [0.05, 0.1) is 0 Å². The van der Waals surface area contributed by atoms with Crippen molar-refractivity contribution in [3.63, 3.8) is 0 Å². The first kappa shape index (κ1) is 17.7. The highest BCUT2D eigenvalue weighted by Gasteiger charge is 2.09. The summed E-state index contributed by atoms with van der Waals surface area (Å²) in [6.45, 7) is 4.22. The van der Waals surface area contributed by atoms with Crippen LogP contribution in [-0.2, 0) is 6.42 Å². The largest absolute Gasteiger partial charge is 0.382 e. The Hall–Kier alpha value is -3.08. The lowest BCUT2D eigenvalue weighted by Gasteiger charge is -2.13. The second-order valence-electron chi connectivity index (χ2n) is 6.23. The van der Waals surface area contributed by atoms with Crippen LogP contribution in [0.25, 0.3) is 16.8 Å². The molecule has 0 bridgehead atoms. The van der Waals surface area contributed by atoms with E-state index in [1.165, 1.54) is 16.7 Å². The van der Waals surface area contributed by atoms with Crippen LogP contribution in [0.3, 0.4) is 0 Å². The lowest BCUT2D eigenvalue weighted by atomic mass is 9.95. The topological polar surface area (TPSA) is 68.2 Å². The number of hydrazone groups is 1. The van der Waals surface area contributed by atoms with Gasteiger partial charge in [0.1, 0.15) is 5.82 Å². The van der Waals surface area contributed by atoms with Crippen molar-refractivity contribution in [2.45, 2.75) is 26.7 Å². The van der Waals surface area contributed by atoms with Crippen LogP contribution in [0.1, 0.15) is 30.3 Å². The fourth-order valence-electron chi connectivity index (χ4n) is 3.14. The van der Waals surface area contributed by atoms with Crippen molar-refractivity contribution < 1.29 is 0 Å². The zero-order chi connectivity index (χ0) is 18.5. The summed E-state index contributed by atoms with van der Waals surface area (Å²) in [5.74, 6) is 1.47. The molecule has 3 aromatic rings. The molecule has 0 aliphatic carbocycles. The molecule has 0 spiro atoms. The summed E-state index contributed by atoms with van der Waals surface area (Å²) < 4.78 is 2.11. The third kappa shape index (κ3) is 3.61. The zero-order valence-electron chi connectivity index (χ0n) is 15.5. The second kappa shape index (κ2) is 7.87. The number of amidine groups is 1. The Kier molecular flexibility index (Phi) is 5.37. The van der Waals surface area contributed by atoms with E-state index in [2.05, 4.69) is 57.3 Å². The predicted molar refractivity (Wildman–Crippen MR) is 108 cm³/mol. The number of nitrogens with two attached hydrogens (primary N) is 1. The molecule has 0 unspecified atom stereocenters. The molecule has 0 saturated heterocycles. The number of benzene rings is 2. The smallest absolute Gasteiger partial charge is 0.150 e. The van der Waals surface area contributed by atoms with Crippen molar-refractivity contribution in [2.24, 2.45) is 10.8 Å². The molecule has 2 aromatic carbocycles. The molecule has 0 fully saturated rings. The van der Waals surface area contributed by atoms with Crippen molar-refractivity contribution in [2.75, 3.05) is 7.05 Å². The van der Waals surface area contributed by atoms with Crippen LogP contribution in [0.4, 0.5) is 0 Å². The van der Waals surface area contributed by atoms with Gasteiger partial charge in [-0.25, -0.2) is 4.98 Å². The summed E-state index contributed by atoms with van der Waals surface area (Å²) in [6, 6.07) is 14.8. The van der Waals surface area contributed by atoms with Gasteiger partial charge in [-0.1, -0.05) is 43.7 Å². The molecule has 0 amide bonds. The molecule has 5 nitrogen and oxygen atoms in total. The van der Waals surface area contributed by atoms with E-state index in [1.807, 2.05) is 31.5 Å². The van der Waals surface area contributed by atoms with Gasteiger partial charge in [-0.2, -0.15) is 5.10 Å². The number of imidazole rings is 1. The van der Waals surface area contributed by atoms with Crippen molar-refractivity contribution in [3.8, 4) is 16.8 Å². The van der Waals surface area contributed by atoms with E-state index in [0.29, 0.717) is 5.84 Å². The van der Waals surface area contributed by atoms with E-state index in [1.54, 1.807) is 7.05 Å². The minimum Gasteiger partial charge on any atom is -0.382 e. The average Bonchev–Trinajstić information content (AvgIpc) is 3.08. The Morgan fingerprint density at radius 1 is 1.19 bits per heavy atom. The highest BCUT2D eigenvalue weighted by Crippen LogP contribution is 2.28. The molecule has 0 aliphatic heterocycles. The van der Waals surface area contributed by atoms with Crippen molar-refractivity contribution >= 4 is 5.84 Å². The van der Waals surface area contributed by atoms with Gasteiger partial charge < -0.3 is 15.7 Å². The summed E-state index contributed by atoms with van der Waals surface area (Å²) in [7, 11) is 1.74. The normalized spacial score (nSPS) is 11.6. The first-order chi connectivity index (χ1) is 12.6. The lowest BCUT2D eigenvalue weighted by Crippen LogP contribution is -2.16. The molecule has 3 N–H and O–H groups in total. The fraction of sp³-hybridized carbons (Fsp3) is 0.238. The molecule has 0 atom stereocenters. The Balaban J connectivity index is 1.99. The molecule has 0 aliphatic rings. The molecule has 5 heteroatoms. The van der Waals surface area contributed by atoms with Crippen molar-refractivity contribution in [1.29, 1.82) is 0 Å². The van der Waals surface area contributed by atoms with Gasteiger partial charge in [0.15, 0.2) is 5.84 Å². The molecule has 1 aromatic heterocycles. The average molecular weight is 347 g/mol. The van der Waals surface area contributed by atoms with E-state index in [9.17, 15) is 0 Å². The molecule has 3 rings (SSSR count). The number of aryl methyl sites for hydroxylation is 2. The Bertz CT molecular complexity index is 906. The van der Waals surface area contributed by atoms with Crippen LogP contribution >= 0.6 is 0 Å². The fourth-order valence-corrected chi connectivity index (χ4v) is 3.14. The van der Waals surface area contributed by atoms with Crippen LogP contribution in [0.2, 0.25) is 0 Å². The minimum atomic E-state index is 0.485. The van der Waals surface area contributed by atoms with Gasteiger partial charge >= 0.3 is 0 Å². The summed E-state index contributed by atoms with van der Waals surface area (Å²) in [6.07, 6.45) is 5.96. The van der Waals surface area contributed by atoms with Gasteiger partial charge in [0.2, 0.25) is 0 Å². The van der Waals surface area contributed by atoms with Gasteiger partial charge in [-0.3, -0.25) is 0 Å². The highest BCUT2D eigenvalue weighted by molar-refractivity contribution is 5.97. The van der Waals surface area contributed by atoms with Gasteiger partial charge in [-0.15, -0.1) is 0 Å². The van der Waals surface area contributed by atoms with E-state index >= 15 is 0 Å². The number of rotatable bonds is 6. The highest BCUT2D eigenvalue weighted by atomic mass is 15.3. The van der Waals surface area contributed by atoms with Gasteiger partial charge in [-0.05, 0) is 42.2 Å². The third-order valence-electron chi connectivity index (χ3n) is 4.44. The number of hydrogen-bond donors (Lipinski definition) is 2. The molecule has 1 heterocycles. The van der Waals surface area contributed by atoms with Crippen LogP contribution in [0.15, 0.2) is 60.0 Å². The third-order valence-corrected chi connectivity index (χ3v) is 4.44. The number of hydrogen-bond acceptors (Lipinski definition) is 3. The Labute approximate surface area is 154 Å². The zero-order valence-corrected chi connectivity index (χ0v) is 15.5. The standard InChI is InChI=1S/C21H25N5/c1-4-5-18-14-19(26-13-12-24-15(26)2)10-11-20(18)16-6-8-17(9-7-16)21(22)25-23-3/h6-14,23H,4-5H2,1-3H3,(H2,22,25). The van der Waals surface area contributed by atoms with Gasteiger partial charge in [0, 0.05) is 30.7 Å². The maximum Gasteiger partial charge on any atom is 0.150 e. The number of nitrogens with one attached hydrogen (secondary N) is 1. The SMILES string of the molecule is CCCc1cc(-n2ccnc2C)ccc1-c1ccc(C(N)=NNC)cc1. The molecular formula is C21H25N5. The van der Waals surface area contributed by atoms with Crippen molar-refractivity contribution in [3.05, 3.63) is 71.8 Å². The van der Waals surface area contributed by atoms with E-state index < -0.39 is 0 Å². The molecule has 0 radical (unpaired) electrons. The maximum atomic E-state index is 5.94. The number of aromatic nitrogens is 2. The molecule has 26 heavy (non-hydrogen) atoms. The molecular weight excluding hydrogens is 322 g/mol. The summed E-state index contributed by atoms with van der Waals surface area (Å²) >= 11 is 0. The first-order valence-electron chi connectivity index (χ1n) is 8.88. The van der Waals surface area contributed by atoms with E-state index in [0.717, 1.165) is 29.9 Å². The predicted octanol–water partition coefficient (Wildman–Crippen LogP) is 3.64. The van der Waals surface area contributed by atoms with E-state index in [-0.39, 0.29) is 0 Å².